The molecule has 6 nitrogen and oxygen atoms in total. The number of hydrogen-bond donors (Lipinski definition) is 2. The van der Waals surface area contributed by atoms with Crippen molar-refractivity contribution in [2.24, 2.45) is 0 Å². The Morgan fingerprint density at radius 1 is 1.30 bits per heavy atom. The molecular formula is C17H20N4O2. The number of carbonyl (C=O) groups is 1. The molecular weight excluding hydrogens is 292 g/mol. The van der Waals surface area contributed by atoms with E-state index in [-0.39, 0.29) is 5.91 Å². The maximum atomic E-state index is 12.1. The molecule has 0 saturated carbocycles. The molecule has 0 spiro atoms. The molecule has 1 aromatic carbocycles. The standard InChI is InChI=1S/C17H20N4O2/c1-10-6-11(2)16-13(9-23-17(16)12(10)3)7-15(22)18-5-4-14-8-19-21-20-14/h6,8-9H,4-5,7H2,1-3H3,(H,18,22)(H,19,20,21). The fraction of sp³-hybridized carbons (Fsp3) is 0.353. The van der Waals surface area contributed by atoms with E-state index in [1.54, 1.807) is 12.5 Å². The molecule has 2 heterocycles. The van der Waals surface area contributed by atoms with E-state index < -0.39 is 0 Å². The number of nitrogens with one attached hydrogen (secondary N) is 2. The topological polar surface area (TPSA) is 83.8 Å². The third-order valence-electron chi connectivity index (χ3n) is 4.15. The monoisotopic (exact) mass is 312 g/mol. The molecule has 0 unspecified atom stereocenters. The average molecular weight is 312 g/mol. The van der Waals surface area contributed by atoms with Crippen LogP contribution in [0.4, 0.5) is 0 Å². The van der Waals surface area contributed by atoms with Gasteiger partial charge in [-0.25, -0.2) is 0 Å². The Labute approximate surface area is 134 Å². The SMILES string of the molecule is Cc1cc(C)c2c(CC(=O)NCCc3cn[nH]n3)coc2c1C. The molecule has 3 rings (SSSR count). The predicted molar refractivity (Wildman–Crippen MR) is 87.2 cm³/mol. The number of amides is 1. The second-order valence-corrected chi connectivity index (χ2v) is 5.84. The van der Waals surface area contributed by atoms with E-state index in [1.165, 1.54) is 5.56 Å². The van der Waals surface area contributed by atoms with Gasteiger partial charge in [0.2, 0.25) is 5.91 Å². The molecule has 0 aliphatic carbocycles. The third-order valence-corrected chi connectivity index (χ3v) is 4.15. The van der Waals surface area contributed by atoms with Gasteiger partial charge in [0, 0.05) is 23.9 Å². The van der Waals surface area contributed by atoms with Gasteiger partial charge in [0.25, 0.3) is 0 Å². The van der Waals surface area contributed by atoms with Crippen molar-refractivity contribution in [3.63, 3.8) is 0 Å². The van der Waals surface area contributed by atoms with Crippen molar-refractivity contribution in [1.82, 2.24) is 20.7 Å². The van der Waals surface area contributed by atoms with Gasteiger partial charge < -0.3 is 9.73 Å². The van der Waals surface area contributed by atoms with Crippen LogP contribution in [0.3, 0.4) is 0 Å². The summed E-state index contributed by atoms with van der Waals surface area (Å²) in [7, 11) is 0. The number of rotatable bonds is 5. The summed E-state index contributed by atoms with van der Waals surface area (Å²) >= 11 is 0. The summed E-state index contributed by atoms with van der Waals surface area (Å²) in [6.45, 7) is 6.71. The first-order chi connectivity index (χ1) is 11.1. The number of fused-ring (bicyclic) bond motifs is 1. The lowest BCUT2D eigenvalue weighted by Crippen LogP contribution is -2.27. The van der Waals surface area contributed by atoms with Crippen LogP contribution >= 0.6 is 0 Å². The van der Waals surface area contributed by atoms with E-state index in [2.05, 4.69) is 40.6 Å². The number of aromatic amines is 1. The predicted octanol–water partition coefficient (Wildman–Crippen LogP) is 2.38. The summed E-state index contributed by atoms with van der Waals surface area (Å²) in [6, 6.07) is 2.14. The molecule has 1 amide bonds. The number of H-pyrrole nitrogens is 1. The van der Waals surface area contributed by atoms with Crippen LogP contribution in [0.5, 0.6) is 0 Å². The molecule has 0 radical (unpaired) electrons. The fourth-order valence-electron chi connectivity index (χ4n) is 2.83. The van der Waals surface area contributed by atoms with E-state index in [0.717, 1.165) is 33.4 Å². The highest BCUT2D eigenvalue weighted by molar-refractivity contribution is 5.91. The van der Waals surface area contributed by atoms with Crippen molar-refractivity contribution < 1.29 is 9.21 Å². The second-order valence-electron chi connectivity index (χ2n) is 5.84. The number of carbonyl (C=O) groups excluding carboxylic acids is 1. The first-order valence-corrected chi connectivity index (χ1v) is 7.64. The van der Waals surface area contributed by atoms with Crippen molar-refractivity contribution in [3.05, 3.63) is 46.5 Å². The fourth-order valence-corrected chi connectivity index (χ4v) is 2.83. The molecule has 23 heavy (non-hydrogen) atoms. The van der Waals surface area contributed by atoms with Crippen LogP contribution in [0.15, 0.2) is 22.9 Å². The van der Waals surface area contributed by atoms with E-state index in [9.17, 15) is 4.79 Å². The van der Waals surface area contributed by atoms with Gasteiger partial charge >= 0.3 is 0 Å². The zero-order chi connectivity index (χ0) is 16.4. The highest BCUT2D eigenvalue weighted by atomic mass is 16.3. The summed E-state index contributed by atoms with van der Waals surface area (Å²) in [5.74, 6) is -0.0196. The van der Waals surface area contributed by atoms with Gasteiger partial charge in [-0.2, -0.15) is 15.4 Å². The lowest BCUT2D eigenvalue weighted by Gasteiger charge is -2.06. The summed E-state index contributed by atoms with van der Waals surface area (Å²) in [4.78, 5) is 12.1. The maximum absolute atomic E-state index is 12.1. The second kappa shape index (κ2) is 6.24. The van der Waals surface area contributed by atoms with Crippen LogP contribution < -0.4 is 5.32 Å². The Hall–Kier alpha value is -2.63. The summed E-state index contributed by atoms with van der Waals surface area (Å²) in [5.41, 5.74) is 6.12. The quantitative estimate of drug-likeness (QED) is 0.757. The van der Waals surface area contributed by atoms with E-state index in [4.69, 9.17) is 4.42 Å². The van der Waals surface area contributed by atoms with E-state index in [0.29, 0.717) is 19.4 Å². The van der Waals surface area contributed by atoms with Crippen LogP contribution in [-0.2, 0) is 17.6 Å². The minimum absolute atomic E-state index is 0.0196. The minimum Gasteiger partial charge on any atom is -0.464 e. The molecule has 0 aliphatic heterocycles. The van der Waals surface area contributed by atoms with Crippen molar-refractivity contribution in [2.45, 2.75) is 33.6 Å². The van der Waals surface area contributed by atoms with Crippen molar-refractivity contribution in [3.8, 4) is 0 Å². The molecule has 0 bridgehead atoms. The molecule has 3 aromatic rings. The molecule has 0 fully saturated rings. The lowest BCUT2D eigenvalue weighted by molar-refractivity contribution is -0.120. The van der Waals surface area contributed by atoms with Gasteiger partial charge in [-0.05, 0) is 37.5 Å². The van der Waals surface area contributed by atoms with Crippen molar-refractivity contribution in [2.75, 3.05) is 6.54 Å². The van der Waals surface area contributed by atoms with Gasteiger partial charge in [-0.1, -0.05) is 6.07 Å². The third kappa shape index (κ3) is 3.11. The number of aryl methyl sites for hydroxylation is 3. The Kier molecular flexibility index (Phi) is 4.14. The Balaban J connectivity index is 1.69. The highest BCUT2D eigenvalue weighted by Gasteiger charge is 2.15. The molecule has 120 valence electrons. The summed E-state index contributed by atoms with van der Waals surface area (Å²) in [6.07, 6.45) is 4.33. The van der Waals surface area contributed by atoms with Gasteiger partial charge in [-0.3, -0.25) is 4.79 Å². The Bertz CT molecular complexity index is 834. The Morgan fingerprint density at radius 2 is 2.13 bits per heavy atom. The van der Waals surface area contributed by atoms with Crippen LogP contribution in [0.2, 0.25) is 0 Å². The van der Waals surface area contributed by atoms with Crippen LogP contribution in [-0.4, -0.2) is 27.9 Å². The van der Waals surface area contributed by atoms with Gasteiger partial charge in [0.15, 0.2) is 0 Å². The lowest BCUT2D eigenvalue weighted by atomic mass is 9.99. The first-order valence-electron chi connectivity index (χ1n) is 7.64. The molecule has 0 saturated heterocycles. The number of hydrogen-bond acceptors (Lipinski definition) is 4. The molecule has 2 N–H and O–H groups in total. The molecule has 6 heteroatoms. The van der Waals surface area contributed by atoms with E-state index in [1.807, 2.05) is 6.92 Å². The summed E-state index contributed by atoms with van der Waals surface area (Å²) in [5, 5.41) is 14.2. The number of furan rings is 1. The van der Waals surface area contributed by atoms with Crippen molar-refractivity contribution in [1.29, 1.82) is 0 Å². The number of benzene rings is 1. The Morgan fingerprint density at radius 3 is 2.87 bits per heavy atom. The van der Waals surface area contributed by atoms with Crippen LogP contribution in [0, 0.1) is 20.8 Å². The van der Waals surface area contributed by atoms with Crippen LogP contribution in [0.1, 0.15) is 27.9 Å². The van der Waals surface area contributed by atoms with Gasteiger partial charge in [0.05, 0.1) is 24.6 Å². The average Bonchev–Trinajstić information content (AvgIpc) is 3.15. The van der Waals surface area contributed by atoms with E-state index >= 15 is 0 Å². The largest absolute Gasteiger partial charge is 0.464 e. The normalized spacial score (nSPS) is 11.1. The highest BCUT2D eigenvalue weighted by Crippen LogP contribution is 2.30. The smallest absolute Gasteiger partial charge is 0.224 e. The number of nitrogens with zero attached hydrogens (tertiary/aromatic N) is 2. The summed E-state index contributed by atoms with van der Waals surface area (Å²) < 4.78 is 5.70. The number of aromatic nitrogens is 3. The van der Waals surface area contributed by atoms with Crippen molar-refractivity contribution >= 4 is 16.9 Å². The molecule has 0 atom stereocenters. The van der Waals surface area contributed by atoms with Gasteiger partial charge in [0.1, 0.15) is 5.58 Å². The zero-order valence-electron chi connectivity index (χ0n) is 13.6. The van der Waals surface area contributed by atoms with Crippen LogP contribution in [0.25, 0.3) is 11.0 Å². The maximum Gasteiger partial charge on any atom is 0.224 e. The molecule has 0 aliphatic rings. The minimum atomic E-state index is -0.0196. The van der Waals surface area contributed by atoms with Gasteiger partial charge in [-0.15, -0.1) is 0 Å². The first kappa shape index (κ1) is 15.3. The zero-order valence-corrected chi connectivity index (χ0v) is 13.6. The molecule has 2 aromatic heterocycles.